The van der Waals surface area contributed by atoms with Gasteiger partial charge in [-0.3, -0.25) is 4.79 Å². The Kier molecular flexibility index (Phi) is 5.15. The third-order valence-electron chi connectivity index (χ3n) is 13.5. The Morgan fingerprint density at radius 2 is 1.52 bits per heavy atom. The van der Waals surface area contributed by atoms with Crippen LogP contribution in [0.4, 0.5) is 0 Å². The quantitative estimate of drug-likeness (QED) is 0.436. The van der Waals surface area contributed by atoms with E-state index in [0.717, 1.165) is 38.5 Å². The number of hydrogen-bond acceptors (Lipinski definition) is 2. The molecule has 5 aliphatic rings. The van der Waals surface area contributed by atoms with Crippen LogP contribution in [0.25, 0.3) is 0 Å². The predicted molar refractivity (Wildman–Crippen MR) is 133 cm³/mol. The molecule has 186 valence electrons. The third kappa shape index (κ3) is 2.75. The molecule has 33 heavy (non-hydrogen) atoms. The molecule has 0 amide bonds. The van der Waals surface area contributed by atoms with Crippen LogP contribution in [0.15, 0.2) is 12.2 Å². The second kappa shape index (κ2) is 7.11. The number of aliphatic hydroxyl groups is 1. The summed E-state index contributed by atoms with van der Waals surface area (Å²) in [5.41, 5.74) is 1.35. The molecule has 0 radical (unpaired) electrons. The summed E-state index contributed by atoms with van der Waals surface area (Å²) in [6.07, 6.45) is 10.5. The van der Waals surface area contributed by atoms with E-state index in [4.69, 9.17) is 0 Å². The average Bonchev–Trinajstić information content (AvgIpc) is 3.13. The molecule has 2 N–H and O–H groups in total. The number of carboxylic acid groups (broad SMARTS) is 1. The topological polar surface area (TPSA) is 57.5 Å². The van der Waals surface area contributed by atoms with Gasteiger partial charge in [0.25, 0.3) is 0 Å². The molecule has 0 aromatic carbocycles. The summed E-state index contributed by atoms with van der Waals surface area (Å²) in [4.78, 5) is 12.8. The molecule has 3 nitrogen and oxygen atoms in total. The molecule has 2 unspecified atom stereocenters. The molecular formula is C30H48O3. The molecule has 0 heterocycles. The lowest BCUT2D eigenvalue weighted by Gasteiger charge is -2.72. The van der Waals surface area contributed by atoms with E-state index in [1.54, 1.807) is 0 Å². The van der Waals surface area contributed by atoms with Crippen LogP contribution in [0.2, 0.25) is 0 Å². The first-order valence-electron chi connectivity index (χ1n) is 13.8. The molecule has 0 bridgehead atoms. The van der Waals surface area contributed by atoms with Crippen LogP contribution in [-0.2, 0) is 4.79 Å². The van der Waals surface area contributed by atoms with E-state index in [1.807, 2.05) is 0 Å². The van der Waals surface area contributed by atoms with Crippen molar-refractivity contribution in [2.45, 2.75) is 112 Å². The van der Waals surface area contributed by atoms with Crippen molar-refractivity contribution in [1.29, 1.82) is 0 Å². The van der Waals surface area contributed by atoms with Crippen molar-refractivity contribution in [1.82, 2.24) is 0 Å². The van der Waals surface area contributed by atoms with Gasteiger partial charge in [-0.25, -0.2) is 0 Å². The normalized spacial score (nSPS) is 55.0. The van der Waals surface area contributed by atoms with Gasteiger partial charge in [0.05, 0.1) is 11.5 Å². The summed E-state index contributed by atoms with van der Waals surface area (Å²) < 4.78 is 0. The molecular weight excluding hydrogens is 408 g/mol. The number of hydrogen-bond donors (Lipinski definition) is 2. The van der Waals surface area contributed by atoms with Gasteiger partial charge in [0, 0.05) is 0 Å². The van der Waals surface area contributed by atoms with E-state index in [-0.39, 0.29) is 33.7 Å². The predicted octanol–water partition coefficient (Wildman–Crippen LogP) is 7.09. The highest BCUT2D eigenvalue weighted by Gasteiger charge is 2.71. The zero-order chi connectivity index (χ0) is 24.2. The minimum Gasteiger partial charge on any atom is -0.481 e. The molecule has 0 aromatic rings. The fourth-order valence-electron chi connectivity index (χ4n) is 11.5. The first-order valence-corrected chi connectivity index (χ1v) is 13.8. The van der Waals surface area contributed by atoms with E-state index >= 15 is 0 Å². The zero-order valence-electron chi connectivity index (χ0n) is 22.0. The molecule has 5 fully saturated rings. The Hall–Kier alpha value is -0.830. The Morgan fingerprint density at radius 3 is 2.15 bits per heavy atom. The molecule has 5 rings (SSSR count). The van der Waals surface area contributed by atoms with Crippen molar-refractivity contribution in [3.05, 3.63) is 12.2 Å². The molecule has 0 aliphatic heterocycles. The SMILES string of the molecule is C=C(C)C1CC[C@]2(C(=O)O)CC[C@]3(C)[C@H](CC[C@@H]4[C@@]5(C)CC[C@H](O)C(C)(C)[C@@H]5CC[C@]43C)C12. The van der Waals surface area contributed by atoms with Crippen molar-refractivity contribution in [2.75, 3.05) is 0 Å². The van der Waals surface area contributed by atoms with Gasteiger partial charge in [-0.05, 0) is 122 Å². The standard InChI is InChI=1S/C30H48O3/c1-18(2)19-10-15-30(25(32)33)17-16-28(6)20(24(19)30)8-9-22-27(5)13-12-23(31)26(3,4)21(27)11-14-29(22,28)7/h19-24,31H,1,8-17H2,2-7H3,(H,32,33)/t19?,20-,21+,22-,23+,24?,27+,28-,29-,30+/m1/s1. The van der Waals surface area contributed by atoms with Gasteiger partial charge in [0.2, 0.25) is 0 Å². The molecule has 5 saturated carbocycles. The van der Waals surface area contributed by atoms with Crippen molar-refractivity contribution < 1.29 is 15.0 Å². The summed E-state index contributed by atoms with van der Waals surface area (Å²) >= 11 is 0. The van der Waals surface area contributed by atoms with E-state index in [0.29, 0.717) is 23.7 Å². The highest BCUT2D eigenvalue weighted by atomic mass is 16.4. The zero-order valence-corrected chi connectivity index (χ0v) is 22.0. The van der Waals surface area contributed by atoms with E-state index in [9.17, 15) is 15.0 Å². The monoisotopic (exact) mass is 456 g/mol. The largest absolute Gasteiger partial charge is 0.481 e. The Morgan fingerprint density at radius 1 is 0.818 bits per heavy atom. The van der Waals surface area contributed by atoms with Crippen molar-refractivity contribution in [3.63, 3.8) is 0 Å². The molecule has 10 atom stereocenters. The molecule has 3 heteroatoms. The van der Waals surface area contributed by atoms with Crippen LogP contribution in [0.3, 0.4) is 0 Å². The van der Waals surface area contributed by atoms with Gasteiger partial charge in [-0.1, -0.05) is 46.8 Å². The van der Waals surface area contributed by atoms with Crippen molar-refractivity contribution in [2.24, 2.45) is 56.7 Å². The lowest BCUT2D eigenvalue weighted by molar-refractivity contribution is -0.248. The van der Waals surface area contributed by atoms with Gasteiger partial charge < -0.3 is 10.2 Å². The maximum absolute atomic E-state index is 12.8. The number of rotatable bonds is 2. The molecule has 0 spiro atoms. The van der Waals surface area contributed by atoms with Gasteiger partial charge in [-0.15, -0.1) is 0 Å². The maximum Gasteiger partial charge on any atom is 0.309 e. The highest BCUT2D eigenvalue weighted by molar-refractivity contribution is 5.76. The molecule has 0 saturated heterocycles. The highest BCUT2D eigenvalue weighted by Crippen LogP contribution is 2.77. The number of aliphatic hydroxyl groups excluding tert-OH is 1. The summed E-state index contributed by atoms with van der Waals surface area (Å²) in [7, 11) is 0. The Labute approximate surface area is 201 Å². The summed E-state index contributed by atoms with van der Waals surface area (Å²) in [6.45, 7) is 18.8. The summed E-state index contributed by atoms with van der Waals surface area (Å²) in [6, 6.07) is 0. The lowest BCUT2D eigenvalue weighted by Crippen LogP contribution is -2.67. The number of carboxylic acids is 1. The van der Waals surface area contributed by atoms with E-state index in [2.05, 4.69) is 48.1 Å². The van der Waals surface area contributed by atoms with Crippen LogP contribution in [0.5, 0.6) is 0 Å². The van der Waals surface area contributed by atoms with Crippen molar-refractivity contribution in [3.8, 4) is 0 Å². The third-order valence-corrected chi connectivity index (χ3v) is 13.5. The van der Waals surface area contributed by atoms with Gasteiger partial charge in [0.15, 0.2) is 0 Å². The summed E-state index contributed by atoms with van der Waals surface area (Å²) in [5, 5.41) is 21.4. The number of fused-ring (bicyclic) bond motifs is 7. The van der Waals surface area contributed by atoms with Crippen LogP contribution in [-0.4, -0.2) is 22.3 Å². The van der Waals surface area contributed by atoms with Gasteiger partial charge >= 0.3 is 5.97 Å². The number of aliphatic carboxylic acids is 1. The maximum atomic E-state index is 12.8. The fourth-order valence-corrected chi connectivity index (χ4v) is 11.5. The fraction of sp³-hybridized carbons (Fsp3) is 0.900. The van der Waals surface area contributed by atoms with Gasteiger partial charge in [-0.2, -0.15) is 0 Å². The van der Waals surface area contributed by atoms with Crippen molar-refractivity contribution >= 4 is 5.97 Å². The minimum atomic E-state index is -0.538. The average molecular weight is 457 g/mol. The second-order valence-corrected chi connectivity index (χ2v) is 14.5. The molecule has 5 aliphatic carbocycles. The lowest BCUT2D eigenvalue weighted by atomic mass is 9.32. The van der Waals surface area contributed by atoms with E-state index < -0.39 is 11.4 Å². The summed E-state index contributed by atoms with van der Waals surface area (Å²) in [5.74, 6) is 1.79. The molecule has 0 aromatic heterocycles. The second-order valence-electron chi connectivity index (χ2n) is 14.5. The smallest absolute Gasteiger partial charge is 0.309 e. The first-order chi connectivity index (χ1) is 15.3. The van der Waals surface area contributed by atoms with Crippen LogP contribution in [0, 0.1) is 56.7 Å². The minimum absolute atomic E-state index is 0.0202. The van der Waals surface area contributed by atoms with E-state index in [1.165, 1.54) is 31.3 Å². The number of carbonyl (C=O) groups is 1. The van der Waals surface area contributed by atoms with Crippen LogP contribution >= 0.6 is 0 Å². The first kappa shape index (κ1) is 23.9. The van der Waals surface area contributed by atoms with Crippen LogP contribution in [0.1, 0.15) is 106 Å². The Bertz CT molecular complexity index is 861. The van der Waals surface area contributed by atoms with Gasteiger partial charge in [0.1, 0.15) is 0 Å². The Balaban J connectivity index is 1.57. The number of allylic oxidation sites excluding steroid dienone is 1. The van der Waals surface area contributed by atoms with Crippen LogP contribution < -0.4 is 0 Å².